The number of nitrogens with two attached hydrogens (primary N) is 1. The van der Waals surface area contributed by atoms with Gasteiger partial charge in [-0.1, -0.05) is 19.3 Å². The van der Waals surface area contributed by atoms with E-state index < -0.39 is 0 Å². The molecule has 1 saturated carbocycles. The molecule has 86 valence electrons. The molecule has 0 radical (unpaired) electrons. The molecule has 2 aliphatic rings. The van der Waals surface area contributed by atoms with Gasteiger partial charge in [0.1, 0.15) is 0 Å². The summed E-state index contributed by atoms with van der Waals surface area (Å²) in [5.74, 6) is 1.17. The molecule has 1 atom stereocenters. The van der Waals surface area contributed by atoms with Gasteiger partial charge in [0.15, 0.2) is 0 Å². The van der Waals surface area contributed by atoms with Crippen molar-refractivity contribution in [2.75, 3.05) is 13.1 Å². The summed E-state index contributed by atoms with van der Waals surface area (Å²) in [7, 11) is 0. The first kappa shape index (κ1) is 10.9. The SMILES string of the molecule is N[C@@H]1CCCN(C(=O)CCC2CCC2)C1. The van der Waals surface area contributed by atoms with Crippen LogP contribution in [0.5, 0.6) is 0 Å². The van der Waals surface area contributed by atoms with Gasteiger partial charge in [-0.2, -0.15) is 0 Å². The first-order chi connectivity index (χ1) is 7.25. The highest BCUT2D eigenvalue weighted by Gasteiger charge is 2.23. The Morgan fingerprint density at radius 1 is 1.27 bits per heavy atom. The zero-order valence-electron chi connectivity index (χ0n) is 9.45. The lowest BCUT2D eigenvalue weighted by atomic mass is 9.82. The smallest absolute Gasteiger partial charge is 0.222 e. The van der Waals surface area contributed by atoms with Gasteiger partial charge in [0.05, 0.1) is 0 Å². The van der Waals surface area contributed by atoms with Crippen LogP contribution in [0.2, 0.25) is 0 Å². The van der Waals surface area contributed by atoms with Gasteiger partial charge < -0.3 is 10.6 Å². The van der Waals surface area contributed by atoms with Crippen LogP contribution >= 0.6 is 0 Å². The Kier molecular flexibility index (Phi) is 3.62. The number of hydrogen-bond donors (Lipinski definition) is 1. The number of amides is 1. The fraction of sp³-hybridized carbons (Fsp3) is 0.917. The lowest BCUT2D eigenvalue weighted by Gasteiger charge is -2.32. The van der Waals surface area contributed by atoms with Crippen molar-refractivity contribution in [2.45, 2.75) is 51.0 Å². The molecule has 3 nitrogen and oxygen atoms in total. The van der Waals surface area contributed by atoms with Crippen LogP contribution in [-0.4, -0.2) is 29.9 Å². The highest BCUT2D eigenvalue weighted by molar-refractivity contribution is 5.76. The number of piperidine rings is 1. The van der Waals surface area contributed by atoms with Crippen LogP contribution in [0, 0.1) is 5.92 Å². The first-order valence-corrected chi connectivity index (χ1v) is 6.29. The van der Waals surface area contributed by atoms with Gasteiger partial charge in [-0.25, -0.2) is 0 Å². The second kappa shape index (κ2) is 4.97. The lowest BCUT2D eigenvalue weighted by molar-refractivity contribution is -0.132. The van der Waals surface area contributed by atoms with Crippen LogP contribution in [0.15, 0.2) is 0 Å². The largest absolute Gasteiger partial charge is 0.341 e. The standard InChI is InChI=1S/C12H22N2O/c13-11-5-2-8-14(9-11)12(15)7-6-10-3-1-4-10/h10-11H,1-9,13H2/t11-/m1/s1. The Bertz CT molecular complexity index is 226. The summed E-state index contributed by atoms with van der Waals surface area (Å²) in [6.07, 6.45) is 8.05. The minimum atomic E-state index is 0.214. The lowest BCUT2D eigenvalue weighted by Crippen LogP contribution is -2.45. The van der Waals surface area contributed by atoms with E-state index in [1.54, 1.807) is 0 Å². The zero-order chi connectivity index (χ0) is 10.7. The highest BCUT2D eigenvalue weighted by Crippen LogP contribution is 2.30. The average molecular weight is 210 g/mol. The van der Waals surface area contributed by atoms with E-state index in [1.165, 1.54) is 19.3 Å². The maximum atomic E-state index is 11.9. The minimum Gasteiger partial charge on any atom is -0.341 e. The van der Waals surface area contributed by atoms with Crippen LogP contribution in [-0.2, 0) is 4.79 Å². The van der Waals surface area contributed by atoms with Gasteiger partial charge in [-0.05, 0) is 25.2 Å². The molecule has 2 rings (SSSR count). The summed E-state index contributed by atoms with van der Waals surface area (Å²) in [5, 5.41) is 0. The molecule has 2 fully saturated rings. The quantitative estimate of drug-likeness (QED) is 0.767. The number of likely N-dealkylation sites (tertiary alicyclic amines) is 1. The fourth-order valence-corrected chi connectivity index (χ4v) is 2.50. The van der Waals surface area contributed by atoms with Crippen molar-refractivity contribution in [1.82, 2.24) is 4.90 Å². The molecule has 0 aromatic heterocycles. The van der Waals surface area contributed by atoms with Crippen LogP contribution in [0.4, 0.5) is 0 Å². The summed E-state index contributed by atoms with van der Waals surface area (Å²) in [4.78, 5) is 13.8. The molecule has 2 N–H and O–H groups in total. The number of rotatable bonds is 3. The van der Waals surface area contributed by atoms with Gasteiger partial charge in [0.2, 0.25) is 5.91 Å². The molecular weight excluding hydrogens is 188 g/mol. The Balaban J connectivity index is 1.69. The average Bonchev–Trinajstić information content (AvgIpc) is 2.15. The van der Waals surface area contributed by atoms with Crippen molar-refractivity contribution in [1.29, 1.82) is 0 Å². The molecule has 1 heterocycles. The fourth-order valence-electron chi connectivity index (χ4n) is 2.50. The molecule has 15 heavy (non-hydrogen) atoms. The normalized spacial score (nSPS) is 27.5. The molecule has 0 bridgehead atoms. The molecule has 1 amide bonds. The molecule has 0 unspecified atom stereocenters. The van der Waals surface area contributed by atoms with Crippen LogP contribution in [0.25, 0.3) is 0 Å². The van der Waals surface area contributed by atoms with Gasteiger partial charge in [0, 0.05) is 25.6 Å². The van der Waals surface area contributed by atoms with Crippen molar-refractivity contribution in [2.24, 2.45) is 11.7 Å². The third kappa shape index (κ3) is 2.94. The van der Waals surface area contributed by atoms with E-state index in [9.17, 15) is 4.79 Å². The van der Waals surface area contributed by atoms with Crippen LogP contribution in [0.3, 0.4) is 0 Å². The Labute approximate surface area is 92.0 Å². The molecule has 1 saturated heterocycles. The Morgan fingerprint density at radius 2 is 2.07 bits per heavy atom. The summed E-state index contributed by atoms with van der Waals surface area (Å²) >= 11 is 0. The second-order valence-corrected chi connectivity index (χ2v) is 5.08. The van der Waals surface area contributed by atoms with Crippen molar-refractivity contribution in [3.63, 3.8) is 0 Å². The van der Waals surface area contributed by atoms with Gasteiger partial charge in [0.25, 0.3) is 0 Å². The van der Waals surface area contributed by atoms with Crippen molar-refractivity contribution in [3.8, 4) is 0 Å². The van der Waals surface area contributed by atoms with Gasteiger partial charge >= 0.3 is 0 Å². The Hall–Kier alpha value is -0.570. The number of nitrogens with zero attached hydrogens (tertiary/aromatic N) is 1. The first-order valence-electron chi connectivity index (χ1n) is 6.29. The van der Waals surface area contributed by atoms with Crippen molar-refractivity contribution >= 4 is 5.91 Å². The number of hydrogen-bond acceptors (Lipinski definition) is 2. The predicted molar refractivity (Wildman–Crippen MR) is 60.4 cm³/mol. The van der Waals surface area contributed by atoms with Crippen molar-refractivity contribution < 1.29 is 4.79 Å². The molecule has 0 aromatic carbocycles. The topological polar surface area (TPSA) is 46.3 Å². The molecule has 0 spiro atoms. The summed E-state index contributed by atoms with van der Waals surface area (Å²) < 4.78 is 0. The zero-order valence-corrected chi connectivity index (χ0v) is 9.45. The maximum absolute atomic E-state index is 11.9. The number of carbonyl (C=O) groups is 1. The van der Waals surface area contributed by atoms with E-state index in [-0.39, 0.29) is 6.04 Å². The van der Waals surface area contributed by atoms with E-state index in [4.69, 9.17) is 5.73 Å². The predicted octanol–water partition coefficient (Wildman–Crippen LogP) is 1.52. The maximum Gasteiger partial charge on any atom is 0.222 e. The van der Waals surface area contributed by atoms with E-state index in [0.717, 1.165) is 44.7 Å². The molecule has 0 aromatic rings. The minimum absolute atomic E-state index is 0.214. The number of carbonyl (C=O) groups excluding carboxylic acids is 1. The van der Waals surface area contributed by atoms with Crippen LogP contribution in [0.1, 0.15) is 44.9 Å². The molecule has 1 aliphatic heterocycles. The third-order valence-electron chi connectivity index (χ3n) is 3.80. The van der Waals surface area contributed by atoms with Crippen LogP contribution < -0.4 is 5.73 Å². The van der Waals surface area contributed by atoms with Crippen molar-refractivity contribution in [3.05, 3.63) is 0 Å². The molecular formula is C12H22N2O. The second-order valence-electron chi connectivity index (χ2n) is 5.08. The summed E-state index contributed by atoms with van der Waals surface area (Å²) in [6, 6.07) is 0.214. The molecule has 3 heteroatoms. The highest BCUT2D eigenvalue weighted by atomic mass is 16.2. The summed E-state index contributed by atoms with van der Waals surface area (Å²) in [6.45, 7) is 1.71. The van der Waals surface area contributed by atoms with Gasteiger partial charge in [-0.15, -0.1) is 0 Å². The Morgan fingerprint density at radius 3 is 2.67 bits per heavy atom. The van der Waals surface area contributed by atoms with E-state index in [2.05, 4.69) is 0 Å². The molecule has 1 aliphatic carbocycles. The van der Waals surface area contributed by atoms with Gasteiger partial charge in [-0.3, -0.25) is 4.79 Å². The van der Waals surface area contributed by atoms with E-state index in [1.807, 2.05) is 4.90 Å². The third-order valence-corrected chi connectivity index (χ3v) is 3.80. The monoisotopic (exact) mass is 210 g/mol. The van der Waals surface area contributed by atoms with E-state index >= 15 is 0 Å². The summed E-state index contributed by atoms with van der Waals surface area (Å²) in [5.41, 5.74) is 5.86. The van der Waals surface area contributed by atoms with E-state index in [0.29, 0.717) is 5.91 Å².